The summed E-state index contributed by atoms with van der Waals surface area (Å²) in [6.45, 7) is 4.29. The van der Waals surface area contributed by atoms with E-state index in [0.29, 0.717) is 24.7 Å². The SMILES string of the molecule is COCCCNC(=O)c1cnc(N2CCN(c3cccc(Cl)c3)CC2)nc1OC. The molecule has 9 heteroatoms. The topological polar surface area (TPSA) is 79.8 Å². The molecule has 0 radical (unpaired) electrons. The van der Waals surface area contributed by atoms with Gasteiger partial charge >= 0.3 is 0 Å². The van der Waals surface area contributed by atoms with Crippen LogP contribution in [0.4, 0.5) is 11.6 Å². The number of hydrogen-bond donors (Lipinski definition) is 1. The van der Waals surface area contributed by atoms with E-state index in [9.17, 15) is 4.79 Å². The van der Waals surface area contributed by atoms with Crippen LogP contribution < -0.4 is 19.9 Å². The third-order valence-electron chi connectivity index (χ3n) is 4.73. The zero-order valence-electron chi connectivity index (χ0n) is 16.7. The Morgan fingerprint density at radius 3 is 2.66 bits per heavy atom. The molecule has 29 heavy (non-hydrogen) atoms. The van der Waals surface area contributed by atoms with E-state index in [1.54, 1.807) is 7.11 Å². The molecule has 0 atom stereocenters. The van der Waals surface area contributed by atoms with Crippen molar-refractivity contribution in [2.75, 3.05) is 63.4 Å². The highest BCUT2D eigenvalue weighted by Gasteiger charge is 2.22. The van der Waals surface area contributed by atoms with Gasteiger partial charge < -0.3 is 24.6 Å². The van der Waals surface area contributed by atoms with Crippen LogP contribution in [0.15, 0.2) is 30.5 Å². The lowest BCUT2D eigenvalue weighted by atomic mass is 10.2. The number of carbonyl (C=O) groups is 1. The van der Waals surface area contributed by atoms with Gasteiger partial charge in [0.15, 0.2) is 0 Å². The van der Waals surface area contributed by atoms with E-state index < -0.39 is 0 Å². The van der Waals surface area contributed by atoms with E-state index in [1.165, 1.54) is 13.3 Å². The van der Waals surface area contributed by atoms with Gasteiger partial charge in [-0.3, -0.25) is 4.79 Å². The Morgan fingerprint density at radius 1 is 1.21 bits per heavy atom. The average Bonchev–Trinajstić information content (AvgIpc) is 2.76. The summed E-state index contributed by atoms with van der Waals surface area (Å²) in [7, 11) is 3.14. The molecule has 1 aromatic carbocycles. The molecule has 3 rings (SSSR count). The van der Waals surface area contributed by atoms with Crippen molar-refractivity contribution in [3.63, 3.8) is 0 Å². The van der Waals surface area contributed by atoms with Gasteiger partial charge in [-0.15, -0.1) is 0 Å². The molecule has 0 spiro atoms. The maximum Gasteiger partial charge on any atom is 0.258 e. The third-order valence-corrected chi connectivity index (χ3v) is 4.96. The summed E-state index contributed by atoms with van der Waals surface area (Å²) in [5.74, 6) is 0.579. The van der Waals surface area contributed by atoms with Crippen molar-refractivity contribution in [3.8, 4) is 5.88 Å². The molecule has 1 aliphatic rings. The lowest BCUT2D eigenvalue weighted by Crippen LogP contribution is -2.47. The van der Waals surface area contributed by atoms with E-state index in [-0.39, 0.29) is 11.8 Å². The number of rotatable bonds is 8. The Bertz CT molecular complexity index is 828. The quantitative estimate of drug-likeness (QED) is 0.657. The molecule has 0 saturated carbocycles. The van der Waals surface area contributed by atoms with Gasteiger partial charge in [-0.1, -0.05) is 17.7 Å². The van der Waals surface area contributed by atoms with Crippen molar-refractivity contribution in [3.05, 3.63) is 41.0 Å². The number of carbonyl (C=O) groups excluding carboxylic acids is 1. The number of anilines is 2. The molecular formula is C20H26ClN5O3. The fourth-order valence-corrected chi connectivity index (χ4v) is 3.36. The Labute approximate surface area is 175 Å². The molecule has 1 aliphatic heterocycles. The second-order valence-corrected chi connectivity index (χ2v) is 7.09. The number of methoxy groups -OCH3 is 2. The zero-order valence-corrected chi connectivity index (χ0v) is 17.5. The predicted molar refractivity (Wildman–Crippen MR) is 113 cm³/mol. The Kier molecular flexibility index (Phi) is 7.48. The number of amides is 1. The fraction of sp³-hybridized carbons (Fsp3) is 0.450. The smallest absolute Gasteiger partial charge is 0.258 e. The summed E-state index contributed by atoms with van der Waals surface area (Å²) in [6, 6.07) is 7.85. The summed E-state index contributed by atoms with van der Waals surface area (Å²) in [5.41, 5.74) is 1.43. The molecule has 1 N–H and O–H groups in total. The monoisotopic (exact) mass is 419 g/mol. The molecule has 2 aromatic rings. The summed E-state index contributed by atoms with van der Waals surface area (Å²) in [4.78, 5) is 25.6. The van der Waals surface area contributed by atoms with Crippen molar-refractivity contribution in [2.24, 2.45) is 0 Å². The number of hydrogen-bond acceptors (Lipinski definition) is 7. The number of aromatic nitrogens is 2. The summed E-state index contributed by atoms with van der Waals surface area (Å²) in [5, 5.41) is 3.56. The second-order valence-electron chi connectivity index (χ2n) is 6.65. The number of ether oxygens (including phenoxy) is 2. The normalized spacial score (nSPS) is 14.0. The Balaban J connectivity index is 1.62. The van der Waals surface area contributed by atoms with E-state index in [0.717, 1.165) is 43.3 Å². The molecule has 2 heterocycles. The van der Waals surface area contributed by atoms with Crippen LogP contribution in [0.2, 0.25) is 5.02 Å². The lowest BCUT2D eigenvalue weighted by Gasteiger charge is -2.36. The molecule has 1 aromatic heterocycles. The molecular weight excluding hydrogens is 394 g/mol. The molecule has 1 amide bonds. The van der Waals surface area contributed by atoms with Crippen LogP contribution in [0.5, 0.6) is 5.88 Å². The van der Waals surface area contributed by atoms with Crippen LogP contribution in [0, 0.1) is 0 Å². The minimum Gasteiger partial charge on any atom is -0.480 e. The lowest BCUT2D eigenvalue weighted by molar-refractivity contribution is 0.0944. The molecule has 1 fully saturated rings. The number of benzene rings is 1. The Morgan fingerprint density at radius 2 is 1.97 bits per heavy atom. The summed E-state index contributed by atoms with van der Waals surface area (Å²) < 4.78 is 10.3. The van der Waals surface area contributed by atoms with Gasteiger partial charge in [0.2, 0.25) is 11.8 Å². The number of piperazine rings is 1. The van der Waals surface area contributed by atoms with Crippen molar-refractivity contribution >= 4 is 29.1 Å². The van der Waals surface area contributed by atoms with Crippen LogP contribution >= 0.6 is 11.6 Å². The summed E-state index contributed by atoms with van der Waals surface area (Å²) >= 11 is 6.10. The van der Waals surface area contributed by atoms with E-state index in [4.69, 9.17) is 21.1 Å². The third kappa shape index (κ3) is 5.48. The minimum atomic E-state index is -0.254. The molecule has 0 bridgehead atoms. The van der Waals surface area contributed by atoms with Crippen LogP contribution in [0.1, 0.15) is 16.8 Å². The maximum absolute atomic E-state index is 12.4. The van der Waals surface area contributed by atoms with E-state index in [1.807, 2.05) is 18.2 Å². The molecule has 8 nitrogen and oxygen atoms in total. The summed E-state index contributed by atoms with van der Waals surface area (Å²) in [6.07, 6.45) is 2.26. The number of nitrogens with one attached hydrogen (secondary N) is 1. The van der Waals surface area contributed by atoms with Gasteiger partial charge in [-0.2, -0.15) is 4.98 Å². The van der Waals surface area contributed by atoms with Crippen molar-refractivity contribution in [1.29, 1.82) is 0 Å². The van der Waals surface area contributed by atoms with Crippen LogP contribution in [0.25, 0.3) is 0 Å². The number of nitrogens with zero attached hydrogens (tertiary/aromatic N) is 4. The molecule has 156 valence electrons. The molecule has 0 unspecified atom stereocenters. The van der Waals surface area contributed by atoms with Gasteiger partial charge in [0, 0.05) is 63.3 Å². The Hall–Kier alpha value is -2.58. The van der Waals surface area contributed by atoms with Gasteiger partial charge in [-0.05, 0) is 24.6 Å². The first-order valence-electron chi connectivity index (χ1n) is 9.56. The second kappa shape index (κ2) is 10.3. The highest BCUT2D eigenvalue weighted by molar-refractivity contribution is 6.30. The minimum absolute atomic E-state index is 0.254. The van der Waals surface area contributed by atoms with E-state index in [2.05, 4.69) is 31.2 Å². The first kappa shape index (κ1) is 21.1. The van der Waals surface area contributed by atoms with Crippen LogP contribution in [0.3, 0.4) is 0 Å². The van der Waals surface area contributed by atoms with Crippen LogP contribution in [-0.2, 0) is 4.74 Å². The van der Waals surface area contributed by atoms with Gasteiger partial charge in [0.05, 0.1) is 7.11 Å². The average molecular weight is 420 g/mol. The van der Waals surface area contributed by atoms with Gasteiger partial charge in [-0.25, -0.2) is 4.98 Å². The maximum atomic E-state index is 12.4. The van der Waals surface area contributed by atoms with E-state index >= 15 is 0 Å². The first-order chi connectivity index (χ1) is 14.1. The highest BCUT2D eigenvalue weighted by atomic mass is 35.5. The van der Waals surface area contributed by atoms with Gasteiger partial charge in [0.1, 0.15) is 5.56 Å². The largest absolute Gasteiger partial charge is 0.480 e. The highest BCUT2D eigenvalue weighted by Crippen LogP contribution is 2.23. The van der Waals surface area contributed by atoms with Crippen LogP contribution in [-0.4, -0.2) is 69.4 Å². The van der Waals surface area contributed by atoms with Crippen molar-refractivity contribution < 1.29 is 14.3 Å². The number of halogens is 1. The standard InChI is InChI=1S/C20H26ClN5O3/c1-28-12-4-7-22-18(27)17-14-23-20(24-19(17)29-2)26-10-8-25(9-11-26)16-6-3-5-15(21)13-16/h3,5-6,13-14H,4,7-12H2,1-2H3,(H,22,27). The predicted octanol–water partition coefficient (Wildman–Crippen LogP) is 2.23. The zero-order chi connectivity index (χ0) is 20.6. The van der Waals surface area contributed by atoms with Crippen molar-refractivity contribution in [2.45, 2.75) is 6.42 Å². The molecule has 0 aliphatic carbocycles. The molecule has 1 saturated heterocycles. The first-order valence-corrected chi connectivity index (χ1v) is 9.94. The van der Waals surface area contributed by atoms with Gasteiger partial charge in [0.25, 0.3) is 5.91 Å². The van der Waals surface area contributed by atoms with Crippen molar-refractivity contribution in [1.82, 2.24) is 15.3 Å². The fourth-order valence-electron chi connectivity index (χ4n) is 3.17.